The smallest absolute Gasteiger partial charge is 0.173 e. The molecule has 0 radical (unpaired) electrons. The first-order valence-corrected chi connectivity index (χ1v) is 8.40. The summed E-state index contributed by atoms with van der Waals surface area (Å²) in [4.78, 5) is 2.43. The van der Waals surface area contributed by atoms with E-state index in [1.54, 1.807) is 0 Å². The van der Waals surface area contributed by atoms with Crippen molar-refractivity contribution in [3.05, 3.63) is 76.0 Å². The van der Waals surface area contributed by atoms with Gasteiger partial charge in [0.25, 0.3) is 0 Å². The van der Waals surface area contributed by atoms with Crippen LogP contribution in [0.3, 0.4) is 0 Å². The Bertz CT molecular complexity index is 802. The standard InChI is InChI=1S/C17H16BrN5/c18-15-8-4-7-14(11-15)16-17-19-20-21-23(17)10-9-22(16)12-13-5-2-1-3-6-13/h1-8,11,16H,9-10,12H2/t16-/m0/s1. The molecule has 2 aromatic carbocycles. The predicted octanol–water partition coefficient (Wildman–Crippen LogP) is 3.04. The van der Waals surface area contributed by atoms with Gasteiger partial charge in [0.15, 0.2) is 5.82 Å². The van der Waals surface area contributed by atoms with Crippen LogP contribution >= 0.6 is 15.9 Å². The number of hydrogen-bond acceptors (Lipinski definition) is 4. The summed E-state index contributed by atoms with van der Waals surface area (Å²) in [6, 6.07) is 19.0. The zero-order valence-corrected chi connectivity index (χ0v) is 14.1. The normalized spacial score (nSPS) is 17.9. The monoisotopic (exact) mass is 369 g/mol. The second-order valence-electron chi connectivity index (χ2n) is 5.67. The third-order valence-corrected chi connectivity index (χ3v) is 4.65. The Labute approximate surface area is 143 Å². The lowest BCUT2D eigenvalue weighted by Crippen LogP contribution is -2.38. The van der Waals surface area contributed by atoms with E-state index < -0.39 is 0 Å². The lowest BCUT2D eigenvalue weighted by atomic mass is 10.0. The number of aromatic nitrogens is 4. The van der Waals surface area contributed by atoms with E-state index in [-0.39, 0.29) is 6.04 Å². The second-order valence-corrected chi connectivity index (χ2v) is 6.59. The molecule has 0 aliphatic carbocycles. The average Bonchev–Trinajstić information content (AvgIpc) is 3.04. The van der Waals surface area contributed by atoms with Crippen molar-refractivity contribution in [3.8, 4) is 0 Å². The molecule has 1 atom stereocenters. The molecule has 23 heavy (non-hydrogen) atoms. The fourth-order valence-corrected chi connectivity index (χ4v) is 3.52. The van der Waals surface area contributed by atoms with E-state index >= 15 is 0 Å². The van der Waals surface area contributed by atoms with Gasteiger partial charge in [-0.1, -0.05) is 58.4 Å². The number of fused-ring (bicyclic) bond motifs is 1. The number of nitrogens with zero attached hydrogens (tertiary/aromatic N) is 5. The molecule has 1 aliphatic heterocycles. The molecular weight excluding hydrogens is 354 g/mol. The Morgan fingerprint density at radius 2 is 1.91 bits per heavy atom. The van der Waals surface area contributed by atoms with E-state index in [1.165, 1.54) is 11.1 Å². The van der Waals surface area contributed by atoms with Crippen LogP contribution in [0.15, 0.2) is 59.1 Å². The number of benzene rings is 2. The highest BCUT2D eigenvalue weighted by molar-refractivity contribution is 9.10. The lowest BCUT2D eigenvalue weighted by Gasteiger charge is -2.35. The molecule has 0 amide bonds. The van der Waals surface area contributed by atoms with Crippen molar-refractivity contribution >= 4 is 15.9 Å². The van der Waals surface area contributed by atoms with E-state index in [0.717, 1.165) is 29.9 Å². The summed E-state index contributed by atoms with van der Waals surface area (Å²) >= 11 is 3.57. The summed E-state index contributed by atoms with van der Waals surface area (Å²) in [5, 5.41) is 12.3. The molecule has 0 N–H and O–H groups in total. The third-order valence-electron chi connectivity index (χ3n) is 4.16. The largest absolute Gasteiger partial charge is 0.284 e. The minimum absolute atomic E-state index is 0.0662. The SMILES string of the molecule is Brc1cccc([C@H]2c3nnnn3CCN2Cc2ccccc2)c1. The van der Waals surface area contributed by atoms with E-state index in [2.05, 4.69) is 78.8 Å². The number of hydrogen-bond donors (Lipinski definition) is 0. The zero-order chi connectivity index (χ0) is 15.6. The molecule has 0 spiro atoms. The Balaban J connectivity index is 1.73. The topological polar surface area (TPSA) is 46.8 Å². The fraction of sp³-hybridized carbons (Fsp3) is 0.235. The van der Waals surface area contributed by atoms with Crippen LogP contribution in [0.5, 0.6) is 0 Å². The van der Waals surface area contributed by atoms with Crippen molar-refractivity contribution < 1.29 is 0 Å². The molecule has 116 valence electrons. The molecule has 2 heterocycles. The second kappa shape index (κ2) is 6.22. The average molecular weight is 370 g/mol. The first-order chi connectivity index (χ1) is 11.3. The van der Waals surface area contributed by atoms with Gasteiger partial charge in [-0.3, -0.25) is 4.90 Å². The van der Waals surface area contributed by atoms with Gasteiger partial charge in [0, 0.05) is 17.6 Å². The van der Waals surface area contributed by atoms with E-state index in [9.17, 15) is 0 Å². The third kappa shape index (κ3) is 2.92. The van der Waals surface area contributed by atoms with Gasteiger partial charge in [0.1, 0.15) is 0 Å². The molecule has 0 bridgehead atoms. The van der Waals surface area contributed by atoms with E-state index in [4.69, 9.17) is 0 Å². The molecule has 0 unspecified atom stereocenters. The molecule has 0 saturated heterocycles. The maximum Gasteiger partial charge on any atom is 0.173 e. The van der Waals surface area contributed by atoms with Gasteiger partial charge in [-0.25, -0.2) is 4.68 Å². The molecule has 0 saturated carbocycles. The van der Waals surface area contributed by atoms with Crippen molar-refractivity contribution in [2.24, 2.45) is 0 Å². The Kier molecular flexibility index (Phi) is 3.93. The molecule has 0 fully saturated rings. The highest BCUT2D eigenvalue weighted by atomic mass is 79.9. The van der Waals surface area contributed by atoms with Crippen LogP contribution in [0.25, 0.3) is 0 Å². The highest BCUT2D eigenvalue weighted by Gasteiger charge is 2.31. The van der Waals surface area contributed by atoms with Gasteiger partial charge >= 0.3 is 0 Å². The first kappa shape index (κ1) is 14.5. The quantitative estimate of drug-likeness (QED) is 0.711. The van der Waals surface area contributed by atoms with Gasteiger partial charge < -0.3 is 0 Å². The van der Waals surface area contributed by atoms with E-state index in [1.807, 2.05) is 16.8 Å². The summed E-state index contributed by atoms with van der Waals surface area (Å²) < 4.78 is 2.98. The summed E-state index contributed by atoms with van der Waals surface area (Å²) in [5.74, 6) is 0.908. The van der Waals surface area contributed by atoms with Gasteiger partial charge in [-0.2, -0.15) is 0 Å². The van der Waals surface area contributed by atoms with Crippen molar-refractivity contribution in [2.75, 3.05) is 6.54 Å². The fourth-order valence-electron chi connectivity index (χ4n) is 3.11. The van der Waals surface area contributed by atoms with Crippen molar-refractivity contribution in [2.45, 2.75) is 19.1 Å². The van der Waals surface area contributed by atoms with Crippen molar-refractivity contribution in [1.29, 1.82) is 0 Å². The van der Waals surface area contributed by atoms with Crippen LogP contribution < -0.4 is 0 Å². The number of halogens is 1. The summed E-state index contributed by atoms with van der Waals surface area (Å²) in [5.41, 5.74) is 2.50. The Hall–Kier alpha value is -2.05. The van der Waals surface area contributed by atoms with Crippen LogP contribution in [-0.2, 0) is 13.1 Å². The van der Waals surface area contributed by atoms with Gasteiger partial charge in [-0.15, -0.1) is 5.10 Å². The van der Waals surface area contributed by atoms with Crippen LogP contribution in [-0.4, -0.2) is 31.7 Å². The number of tetrazole rings is 1. The molecule has 1 aliphatic rings. The number of rotatable bonds is 3. The Morgan fingerprint density at radius 3 is 2.74 bits per heavy atom. The van der Waals surface area contributed by atoms with Crippen LogP contribution in [0.2, 0.25) is 0 Å². The van der Waals surface area contributed by atoms with Gasteiger partial charge in [0.2, 0.25) is 0 Å². The van der Waals surface area contributed by atoms with Crippen molar-refractivity contribution in [1.82, 2.24) is 25.1 Å². The molecule has 1 aromatic heterocycles. The zero-order valence-electron chi connectivity index (χ0n) is 12.5. The van der Waals surface area contributed by atoms with Gasteiger partial charge in [0.05, 0.1) is 12.6 Å². The summed E-state index contributed by atoms with van der Waals surface area (Å²) in [7, 11) is 0. The highest BCUT2D eigenvalue weighted by Crippen LogP contribution is 2.32. The van der Waals surface area contributed by atoms with Crippen LogP contribution in [0, 0.1) is 0 Å². The van der Waals surface area contributed by atoms with E-state index in [0.29, 0.717) is 0 Å². The molecule has 6 heteroatoms. The molecule has 5 nitrogen and oxygen atoms in total. The van der Waals surface area contributed by atoms with Crippen molar-refractivity contribution in [3.63, 3.8) is 0 Å². The predicted molar refractivity (Wildman–Crippen MR) is 90.7 cm³/mol. The summed E-state index contributed by atoms with van der Waals surface area (Å²) in [6.45, 7) is 2.62. The first-order valence-electron chi connectivity index (χ1n) is 7.61. The van der Waals surface area contributed by atoms with Gasteiger partial charge in [-0.05, 0) is 33.7 Å². The maximum absolute atomic E-state index is 4.28. The summed E-state index contributed by atoms with van der Waals surface area (Å²) in [6.07, 6.45) is 0. The van der Waals surface area contributed by atoms with Crippen LogP contribution in [0.1, 0.15) is 23.0 Å². The molecule has 3 aromatic rings. The van der Waals surface area contributed by atoms with Crippen LogP contribution in [0.4, 0.5) is 0 Å². The maximum atomic E-state index is 4.28. The minimum atomic E-state index is 0.0662. The molecule has 4 rings (SSSR count). The molecular formula is C17H16BrN5. The minimum Gasteiger partial charge on any atom is -0.284 e. The Morgan fingerprint density at radius 1 is 1.04 bits per heavy atom. The lowest BCUT2D eigenvalue weighted by molar-refractivity contribution is 0.164.